The summed E-state index contributed by atoms with van der Waals surface area (Å²) >= 11 is 0. The zero-order valence-corrected chi connectivity index (χ0v) is 7.38. The molecule has 1 aromatic carbocycles. The Morgan fingerprint density at radius 1 is 1.46 bits per heavy atom. The molecule has 68 valence electrons. The summed E-state index contributed by atoms with van der Waals surface area (Å²) in [4.78, 5) is 2.58. The molecule has 1 aromatic rings. The first-order chi connectivity index (χ1) is 6.24. The van der Waals surface area contributed by atoms with Crippen molar-refractivity contribution in [2.75, 3.05) is 6.54 Å². The molecule has 0 saturated heterocycles. The zero-order chi connectivity index (χ0) is 9.68. The van der Waals surface area contributed by atoms with Gasteiger partial charge in [-0.15, -0.1) is 0 Å². The number of benzene rings is 1. The minimum Gasteiger partial charge on any atom is -0.388 e. The summed E-state index contributed by atoms with van der Waals surface area (Å²) < 4.78 is 0. The molecule has 0 bridgehead atoms. The maximum Gasteiger partial charge on any atom is 0.0846 e. The lowest BCUT2D eigenvalue weighted by Gasteiger charge is -2.06. The molecule has 0 radical (unpaired) electrons. The Morgan fingerprint density at radius 2 is 2.08 bits per heavy atom. The number of hydrogen-bond donors (Lipinski definition) is 1. The Kier molecular flexibility index (Phi) is 3.31. The van der Waals surface area contributed by atoms with Gasteiger partial charge in [-0.3, -0.25) is 0 Å². The Bertz CT molecular complexity index is 314. The van der Waals surface area contributed by atoms with Gasteiger partial charge in [0.15, 0.2) is 0 Å². The topological polar surface area (TPSA) is 69.0 Å². The highest BCUT2D eigenvalue weighted by atomic mass is 16.3. The van der Waals surface area contributed by atoms with E-state index in [9.17, 15) is 5.11 Å². The molecule has 0 aliphatic heterocycles. The second kappa shape index (κ2) is 4.50. The molecule has 1 atom stereocenters. The van der Waals surface area contributed by atoms with Gasteiger partial charge in [-0.05, 0) is 18.0 Å². The highest BCUT2D eigenvalue weighted by molar-refractivity contribution is 5.23. The lowest BCUT2D eigenvalue weighted by molar-refractivity contribution is 0.187. The lowest BCUT2D eigenvalue weighted by atomic mass is 10.1. The molecule has 0 saturated carbocycles. The second-order valence-corrected chi connectivity index (χ2v) is 2.84. The van der Waals surface area contributed by atoms with Crippen LogP contribution in [0.2, 0.25) is 0 Å². The van der Waals surface area contributed by atoms with E-state index in [1.54, 1.807) is 0 Å². The van der Waals surface area contributed by atoms with Crippen LogP contribution in [0.25, 0.3) is 10.4 Å². The molecule has 0 spiro atoms. The van der Waals surface area contributed by atoms with Crippen LogP contribution in [-0.4, -0.2) is 11.7 Å². The standard InChI is InChI=1S/C9H11N3O/c1-7-2-4-8(5-3-7)9(13)6-11-12-10/h2-5,9,13H,6H2,1H3. The van der Waals surface area contributed by atoms with Crippen molar-refractivity contribution < 1.29 is 5.11 Å². The molecular formula is C9H11N3O. The first kappa shape index (κ1) is 9.58. The Hall–Kier alpha value is -1.51. The molecule has 0 aliphatic rings. The minimum atomic E-state index is -0.698. The highest BCUT2D eigenvalue weighted by Gasteiger charge is 2.04. The normalized spacial score (nSPS) is 11.8. The fraction of sp³-hybridized carbons (Fsp3) is 0.333. The molecule has 1 rings (SSSR count). The smallest absolute Gasteiger partial charge is 0.0846 e. The predicted octanol–water partition coefficient (Wildman–Crippen LogP) is 2.34. The van der Waals surface area contributed by atoms with Crippen LogP contribution in [-0.2, 0) is 0 Å². The lowest BCUT2D eigenvalue weighted by Crippen LogP contribution is -2.00. The van der Waals surface area contributed by atoms with Gasteiger partial charge in [-0.1, -0.05) is 34.9 Å². The van der Waals surface area contributed by atoms with Gasteiger partial charge in [-0.2, -0.15) is 0 Å². The number of azide groups is 1. The van der Waals surface area contributed by atoms with Crippen LogP contribution in [0, 0.1) is 6.92 Å². The maximum absolute atomic E-state index is 9.48. The number of aryl methyl sites for hydroxylation is 1. The van der Waals surface area contributed by atoms with Crippen molar-refractivity contribution in [3.05, 3.63) is 45.8 Å². The van der Waals surface area contributed by atoms with Crippen LogP contribution in [0.4, 0.5) is 0 Å². The van der Waals surface area contributed by atoms with Crippen LogP contribution in [0.15, 0.2) is 29.4 Å². The summed E-state index contributed by atoms with van der Waals surface area (Å²) in [6.07, 6.45) is -0.698. The van der Waals surface area contributed by atoms with Crippen LogP contribution in [0.5, 0.6) is 0 Å². The molecule has 1 unspecified atom stereocenters. The Labute approximate surface area is 76.5 Å². The molecule has 0 heterocycles. The predicted molar refractivity (Wildman–Crippen MR) is 50.2 cm³/mol. The monoisotopic (exact) mass is 177 g/mol. The molecule has 4 heteroatoms. The third-order valence-electron chi connectivity index (χ3n) is 1.78. The molecule has 13 heavy (non-hydrogen) atoms. The second-order valence-electron chi connectivity index (χ2n) is 2.84. The van der Waals surface area contributed by atoms with Crippen molar-refractivity contribution >= 4 is 0 Å². The fourth-order valence-corrected chi connectivity index (χ4v) is 1.01. The Morgan fingerprint density at radius 3 is 2.62 bits per heavy atom. The summed E-state index contributed by atoms with van der Waals surface area (Å²) in [5, 5.41) is 12.8. The van der Waals surface area contributed by atoms with E-state index in [0.717, 1.165) is 11.1 Å². The van der Waals surface area contributed by atoms with Gasteiger partial charge in [0, 0.05) is 4.91 Å². The first-order valence-electron chi connectivity index (χ1n) is 3.99. The SMILES string of the molecule is Cc1ccc(C(O)CN=[N+]=[N-])cc1. The van der Waals surface area contributed by atoms with Crippen molar-refractivity contribution in [3.8, 4) is 0 Å². The molecule has 0 aromatic heterocycles. The molecule has 0 amide bonds. The number of rotatable bonds is 3. The summed E-state index contributed by atoms with van der Waals surface area (Å²) in [5.41, 5.74) is 9.97. The molecule has 0 aliphatic carbocycles. The van der Waals surface area contributed by atoms with Gasteiger partial charge < -0.3 is 5.11 Å². The summed E-state index contributed by atoms with van der Waals surface area (Å²) in [6, 6.07) is 7.48. The van der Waals surface area contributed by atoms with Gasteiger partial charge in [0.1, 0.15) is 0 Å². The minimum absolute atomic E-state index is 0.0829. The van der Waals surface area contributed by atoms with E-state index in [4.69, 9.17) is 5.53 Å². The van der Waals surface area contributed by atoms with E-state index < -0.39 is 6.10 Å². The first-order valence-corrected chi connectivity index (χ1v) is 3.99. The quantitative estimate of drug-likeness (QED) is 0.429. The van der Waals surface area contributed by atoms with Crippen molar-refractivity contribution in [2.24, 2.45) is 5.11 Å². The van der Waals surface area contributed by atoms with Gasteiger partial charge in [0.05, 0.1) is 12.6 Å². The van der Waals surface area contributed by atoms with E-state index in [1.165, 1.54) is 0 Å². The largest absolute Gasteiger partial charge is 0.388 e. The van der Waals surface area contributed by atoms with E-state index in [1.807, 2.05) is 31.2 Å². The van der Waals surface area contributed by atoms with Gasteiger partial charge in [0.2, 0.25) is 0 Å². The number of aliphatic hydroxyl groups excluding tert-OH is 1. The molecule has 1 N–H and O–H groups in total. The van der Waals surface area contributed by atoms with Gasteiger partial charge >= 0.3 is 0 Å². The highest BCUT2D eigenvalue weighted by Crippen LogP contribution is 2.13. The number of hydrogen-bond acceptors (Lipinski definition) is 2. The molecular weight excluding hydrogens is 166 g/mol. The molecule has 0 fully saturated rings. The van der Waals surface area contributed by atoms with Gasteiger partial charge in [-0.25, -0.2) is 0 Å². The third kappa shape index (κ3) is 2.78. The van der Waals surface area contributed by atoms with Crippen LogP contribution >= 0.6 is 0 Å². The fourth-order valence-electron chi connectivity index (χ4n) is 1.01. The summed E-state index contributed by atoms with van der Waals surface area (Å²) in [6.45, 7) is 2.06. The Balaban J connectivity index is 2.71. The van der Waals surface area contributed by atoms with E-state index in [2.05, 4.69) is 10.0 Å². The van der Waals surface area contributed by atoms with Crippen molar-refractivity contribution in [1.29, 1.82) is 0 Å². The van der Waals surface area contributed by atoms with Crippen molar-refractivity contribution in [2.45, 2.75) is 13.0 Å². The van der Waals surface area contributed by atoms with E-state index in [-0.39, 0.29) is 6.54 Å². The van der Waals surface area contributed by atoms with E-state index in [0.29, 0.717) is 0 Å². The van der Waals surface area contributed by atoms with E-state index >= 15 is 0 Å². The number of nitrogens with zero attached hydrogens (tertiary/aromatic N) is 3. The van der Waals surface area contributed by atoms with Gasteiger partial charge in [0.25, 0.3) is 0 Å². The van der Waals surface area contributed by atoms with Crippen LogP contribution in [0.1, 0.15) is 17.2 Å². The molecule has 4 nitrogen and oxygen atoms in total. The summed E-state index contributed by atoms with van der Waals surface area (Å²) in [5.74, 6) is 0. The van der Waals surface area contributed by atoms with Crippen molar-refractivity contribution in [1.82, 2.24) is 0 Å². The zero-order valence-electron chi connectivity index (χ0n) is 7.38. The average molecular weight is 177 g/mol. The number of aliphatic hydroxyl groups is 1. The van der Waals surface area contributed by atoms with Crippen molar-refractivity contribution in [3.63, 3.8) is 0 Å². The third-order valence-corrected chi connectivity index (χ3v) is 1.78. The average Bonchev–Trinajstić information content (AvgIpc) is 2.15. The van der Waals surface area contributed by atoms with Crippen LogP contribution in [0.3, 0.4) is 0 Å². The maximum atomic E-state index is 9.48. The summed E-state index contributed by atoms with van der Waals surface area (Å²) in [7, 11) is 0. The van der Waals surface area contributed by atoms with Crippen LogP contribution < -0.4 is 0 Å².